The van der Waals surface area contributed by atoms with E-state index in [9.17, 15) is 0 Å². The van der Waals surface area contributed by atoms with Crippen LogP contribution in [0.3, 0.4) is 0 Å². The third kappa shape index (κ3) is 1.85. The topological polar surface area (TPSA) is 30.3 Å². The summed E-state index contributed by atoms with van der Waals surface area (Å²) in [6.45, 7) is 6.73. The van der Waals surface area contributed by atoms with Crippen LogP contribution in [-0.2, 0) is 11.2 Å². The van der Waals surface area contributed by atoms with Crippen LogP contribution in [0.5, 0.6) is 0 Å². The highest BCUT2D eigenvalue weighted by Gasteiger charge is 2.59. The number of hydrogen-bond donors (Lipinski definition) is 0. The second kappa shape index (κ2) is 4.56. The van der Waals surface area contributed by atoms with Gasteiger partial charge >= 0.3 is 0 Å². The summed E-state index contributed by atoms with van der Waals surface area (Å²) >= 11 is 0. The Kier molecular flexibility index (Phi) is 2.75. The highest BCUT2D eigenvalue weighted by atomic mass is 16.5. The van der Waals surface area contributed by atoms with Crippen LogP contribution in [0.25, 0.3) is 0 Å². The van der Waals surface area contributed by atoms with Gasteiger partial charge in [0.2, 0.25) is 0 Å². The molecule has 3 heterocycles. The van der Waals surface area contributed by atoms with Gasteiger partial charge in [0.1, 0.15) is 0 Å². The largest absolute Gasteiger partial charge is 0.378 e. The SMILES string of the molecule is CCc1cc(C2C3CN(C4COC4)CC32)n(C2CCC2)n1. The summed E-state index contributed by atoms with van der Waals surface area (Å²) in [6.07, 6.45) is 5.13. The molecule has 2 saturated heterocycles. The van der Waals surface area contributed by atoms with E-state index in [2.05, 4.69) is 22.6 Å². The van der Waals surface area contributed by atoms with Gasteiger partial charge in [-0.05, 0) is 43.6 Å². The number of rotatable bonds is 4. The minimum absolute atomic E-state index is 0.706. The molecule has 2 unspecified atom stereocenters. The van der Waals surface area contributed by atoms with E-state index in [0.717, 1.165) is 43.4 Å². The maximum absolute atomic E-state index is 5.34. The van der Waals surface area contributed by atoms with Crippen LogP contribution >= 0.6 is 0 Å². The molecule has 0 aromatic carbocycles. The summed E-state index contributed by atoms with van der Waals surface area (Å²) in [6, 6.07) is 3.84. The number of hydrogen-bond acceptors (Lipinski definition) is 3. The van der Waals surface area contributed by atoms with Crippen LogP contribution in [0.4, 0.5) is 0 Å². The van der Waals surface area contributed by atoms with E-state index in [-0.39, 0.29) is 0 Å². The summed E-state index contributed by atoms with van der Waals surface area (Å²) in [5.74, 6) is 2.59. The average Bonchev–Trinajstić information content (AvgIpc) is 2.73. The Morgan fingerprint density at radius 3 is 2.48 bits per heavy atom. The van der Waals surface area contributed by atoms with Crippen molar-refractivity contribution in [2.45, 2.75) is 50.6 Å². The molecule has 0 radical (unpaired) electrons. The number of nitrogens with zero attached hydrogens (tertiary/aromatic N) is 3. The van der Waals surface area contributed by atoms with Gasteiger partial charge in [0.25, 0.3) is 0 Å². The fourth-order valence-corrected chi connectivity index (χ4v) is 4.54. The molecule has 1 aromatic heterocycles. The van der Waals surface area contributed by atoms with Crippen molar-refractivity contribution in [1.29, 1.82) is 0 Å². The maximum Gasteiger partial charge on any atom is 0.0645 e. The van der Waals surface area contributed by atoms with Crippen LogP contribution in [0.15, 0.2) is 6.07 Å². The summed E-state index contributed by atoms with van der Waals surface area (Å²) < 4.78 is 7.76. The molecule has 0 amide bonds. The van der Waals surface area contributed by atoms with Crippen LogP contribution in [0, 0.1) is 11.8 Å². The van der Waals surface area contributed by atoms with E-state index in [4.69, 9.17) is 9.84 Å². The Labute approximate surface area is 126 Å². The van der Waals surface area contributed by atoms with Crippen LogP contribution in [0.2, 0.25) is 0 Å². The summed E-state index contributed by atoms with van der Waals surface area (Å²) in [4.78, 5) is 2.67. The van der Waals surface area contributed by atoms with E-state index in [1.807, 2.05) is 0 Å². The molecule has 21 heavy (non-hydrogen) atoms. The predicted octanol–water partition coefficient (Wildman–Crippen LogP) is 2.21. The first-order valence-corrected chi connectivity index (χ1v) is 8.75. The molecular weight excluding hydrogens is 262 g/mol. The average molecular weight is 287 g/mol. The van der Waals surface area contributed by atoms with Gasteiger partial charge in [0.05, 0.1) is 31.0 Å². The van der Waals surface area contributed by atoms with E-state index in [1.165, 1.54) is 38.0 Å². The van der Waals surface area contributed by atoms with Crippen molar-refractivity contribution < 1.29 is 4.74 Å². The molecule has 2 aliphatic carbocycles. The molecule has 0 bridgehead atoms. The zero-order valence-electron chi connectivity index (χ0n) is 12.9. The molecule has 5 rings (SSSR count). The molecule has 4 fully saturated rings. The van der Waals surface area contributed by atoms with E-state index >= 15 is 0 Å². The zero-order valence-corrected chi connectivity index (χ0v) is 12.9. The lowest BCUT2D eigenvalue weighted by Gasteiger charge is -2.36. The van der Waals surface area contributed by atoms with Crippen molar-refractivity contribution in [2.75, 3.05) is 26.3 Å². The highest BCUT2D eigenvalue weighted by molar-refractivity contribution is 5.28. The van der Waals surface area contributed by atoms with Crippen molar-refractivity contribution >= 4 is 0 Å². The molecule has 4 aliphatic rings. The quantitative estimate of drug-likeness (QED) is 0.850. The lowest BCUT2D eigenvalue weighted by molar-refractivity contribution is -0.0610. The number of likely N-dealkylation sites (tertiary alicyclic amines) is 1. The number of aromatic nitrogens is 2. The van der Waals surface area contributed by atoms with Gasteiger partial charge in [-0.1, -0.05) is 6.92 Å². The fraction of sp³-hybridized carbons (Fsp3) is 0.824. The van der Waals surface area contributed by atoms with Crippen molar-refractivity contribution in [2.24, 2.45) is 11.8 Å². The zero-order chi connectivity index (χ0) is 14.0. The molecule has 2 atom stereocenters. The standard InChI is InChI=1S/C17H25N3O/c1-2-11-6-16(20(18-11)12-4-3-5-12)17-14-7-19(8-15(14)17)13-9-21-10-13/h6,12-15,17H,2-5,7-10H2,1H3. The molecular formula is C17H25N3O. The lowest BCUT2D eigenvalue weighted by Crippen LogP contribution is -2.48. The number of fused-ring (bicyclic) bond motifs is 1. The molecule has 4 heteroatoms. The van der Waals surface area contributed by atoms with Crippen LogP contribution < -0.4 is 0 Å². The first-order chi connectivity index (χ1) is 10.3. The molecule has 0 N–H and O–H groups in total. The Hall–Kier alpha value is -0.870. The molecule has 0 spiro atoms. The van der Waals surface area contributed by atoms with Gasteiger partial charge in [-0.3, -0.25) is 9.58 Å². The highest BCUT2D eigenvalue weighted by Crippen LogP contribution is 2.59. The Morgan fingerprint density at radius 1 is 1.19 bits per heavy atom. The van der Waals surface area contributed by atoms with Gasteiger partial charge in [0, 0.05) is 24.7 Å². The lowest BCUT2D eigenvalue weighted by atomic mass is 9.93. The van der Waals surface area contributed by atoms with Gasteiger partial charge in [0.15, 0.2) is 0 Å². The van der Waals surface area contributed by atoms with Crippen molar-refractivity contribution in [3.05, 3.63) is 17.5 Å². The van der Waals surface area contributed by atoms with E-state index in [1.54, 1.807) is 5.69 Å². The Balaban J connectivity index is 1.34. The van der Waals surface area contributed by atoms with Gasteiger partial charge in [-0.25, -0.2) is 0 Å². The molecule has 2 aliphatic heterocycles. The Morgan fingerprint density at radius 2 is 1.95 bits per heavy atom. The summed E-state index contributed by atoms with van der Waals surface area (Å²) in [7, 11) is 0. The van der Waals surface area contributed by atoms with Gasteiger partial charge in [-0.2, -0.15) is 5.10 Å². The number of piperidine rings is 1. The second-order valence-electron chi connectivity index (χ2n) is 7.44. The Bertz CT molecular complexity index is 534. The number of aryl methyl sites for hydroxylation is 1. The van der Waals surface area contributed by atoms with Crippen molar-refractivity contribution in [3.8, 4) is 0 Å². The first kappa shape index (κ1) is 12.7. The monoisotopic (exact) mass is 287 g/mol. The maximum atomic E-state index is 5.34. The number of ether oxygens (including phenoxy) is 1. The van der Waals surface area contributed by atoms with E-state index < -0.39 is 0 Å². The third-order valence-electron chi connectivity index (χ3n) is 6.30. The van der Waals surface area contributed by atoms with E-state index in [0.29, 0.717) is 6.04 Å². The van der Waals surface area contributed by atoms with Crippen molar-refractivity contribution in [3.63, 3.8) is 0 Å². The molecule has 1 aromatic rings. The van der Waals surface area contributed by atoms with Crippen LogP contribution in [0.1, 0.15) is 49.5 Å². The molecule has 4 nitrogen and oxygen atoms in total. The predicted molar refractivity (Wildman–Crippen MR) is 80.4 cm³/mol. The third-order valence-corrected chi connectivity index (χ3v) is 6.30. The smallest absolute Gasteiger partial charge is 0.0645 e. The second-order valence-corrected chi connectivity index (χ2v) is 7.44. The normalized spacial score (nSPS) is 36.3. The van der Waals surface area contributed by atoms with Crippen molar-refractivity contribution in [1.82, 2.24) is 14.7 Å². The molecule has 2 saturated carbocycles. The summed E-state index contributed by atoms with van der Waals surface area (Å²) in [5, 5.41) is 4.90. The molecule has 114 valence electrons. The van der Waals surface area contributed by atoms with Gasteiger partial charge < -0.3 is 4.74 Å². The first-order valence-electron chi connectivity index (χ1n) is 8.75. The minimum Gasteiger partial charge on any atom is -0.378 e. The summed E-state index contributed by atoms with van der Waals surface area (Å²) in [5.41, 5.74) is 2.86. The minimum atomic E-state index is 0.706. The fourth-order valence-electron chi connectivity index (χ4n) is 4.54. The van der Waals surface area contributed by atoms with Gasteiger partial charge in [-0.15, -0.1) is 0 Å². The van der Waals surface area contributed by atoms with Crippen LogP contribution in [-0.4, -0.2) is 47.0 Å².